The van der Waals surface area contributed by atoms with Gasteiger partial charge in [0.1, 0.15) is 18.5 Å². The highest BCUT2D eigenvalue weighted by molar-refractivity contribution is 7.46. The zero-order valence-electron chi connectivity index (χ0n) is 32.3. The second-order valence-corrected chi connectivity index (χ2v) is 16.8. The van der Waals surface area contributed by atoms with Crippen LogP contribution in [0.3, 0.4) is 0 Å². The van der Waals surface area contributed by atoms with E-state index in [1.54, 1.807) is 56.5 Å². The summed E-state index contributed by atoms with van der Waals surface area (Å²) in [5.74, 6) is -1.15. The van der Waals surface area contributed by atoms with Gasteiger partial charge >= 0.3 is 18.0 Å². The first-order valence-electron chi connectivity index (χ1n) is 18.2. The Morgan fingerprint density at radius 2 is 1.82 bits per heavy atom. The molecule has 1 aromatic carbocycles. The largest absolute Gasteiger partial charge is 0.756 e. The van der Waals surface area contributed by atoms with Crippen molar-refractivity contribution in [1.82, 2.24) is 14.9 Å². The van der Waals surface area contributed by atoms with Gasteiger partial charge in [0.25, 0.3) is 21.2 Å². The van der Waals surface area contributed by atoms with Crippen molar-refractivity contribution in [2.75, 3.05) is 33.0 Å². The molecule has 4 atom stereocenters. The minimum absolute atomic E-state index is 0.0159. The topological polar surface area (TPSA) is 263 Å². The molecule has 1 amide bonds. The molecule has 2 aliphatic rings. The standard InChI is InChI=1S/C36H47N3O16P2/c1-7-23-24-15-21(53-34(43)37-13-10-14-49-18-22(19-52-56(44,45)46)55-57(47,48)51-9-3)11-12-28(24)38-30-25(23)17-39-29(30)16-27-26(31(39)40)20-50-33(42)36(27,8-2)54-32(41)35(4,5)6/h11-12,15-16,22H,7-10,13-14,17-20H2,1-6H3,(H,37,43)(H,47,48)(H2,44,45,46)/p-2/t22?,36-/m0/s1. The van der Waals surface area contributed by atoms with Crippen molar-refractivity contribution in [1.29, 1.82) is 0 Å². The summed E-state index contributed by atoms with van der Waals surface area (Å²) in [7, 11) is -9.97. The number of carbonyl (C=O) groups excluding carboxylic acids is 3. The van der Waals surface area contributed by atoms with E-state index in [2.05, 4.69) is 14.4 Å². The molecular weight excluding hydrogens is 792 g/mol. The lowest BCUT2D eigenvalue weighted by Crippen LogP contribution is -2.48. The molecule has 0 spiro atoms. The number of benzene rings is 1. The summed E-state index contributed by atoms with van der Waals surface area (Å²) < 4.78 is 60.0. The van der Waals surface area contributed by atoms with Crippen LogP contribution in [0.5, 0.6) is 5.75 Å². The van der Waals surface area contributed by atoms with Gasteiger partial charge in [0.05, 0.1) is 54.2 Å². The summed E-state index contributed by atoms with van der Waals surface area (Å²) in [4.78, 5) is 89.6. The van der Waals surface area contributed by atoms with Gasteiger partial charge < -0.3 is 57.1 Å². The van der Waals surface area contributed by atoms with Crippen molar-refractivity contribution >= 4 is 44.6 Å². The summed E-state index contributed by atoms with van der Waals surface area (Å²) in [5.41, 5.74) is 0.605. The number of fused-ring (bicyclic) bond motifs is 5. The Labute approximate surface area is 327 Å². The molecule has 2 aliphatic heterocycles. The lowest BCUT2D eigenvalue weighted by atomic mass is 9.84. The number of cyclic esters (lactones) is 1. The molecule has 3 unspecified atom stereocenters. The van der Waals surface area contributed by atoms with Crippen LogP contribution in [0.4, 0.5) is 4.79 Å². The fourth-order valence-electron chi connectivity index (χ4n) is 6.46. The van der Waals surface area contributed by atoms with Gasteiger partial charge in [-0.1, -0.05) is 13.8 Å². The van der Waals surface area contributed by atoms with Crippen molar-refractivity contribution < 1.29 is 70.7 Å². The van der Waals surface area contributed by atoms with E-state index in [9.17, 15) is 38.1 Å². The van der Waals surface area contributed by atoms with E-state index in [4.69, 9.17) is 33.3 Å². The van der Waals surface area contributed by atoms with Gasteiger partial charge in [-0.2, -0.15) is 0 Å². The number of hydrogen-bond acceptors (Lipinski definition) is 16. The average Bonchev–Trinajstić information content (AvgIpc) is 3.49. The van der Waals surface area contributed by atoms with Gasteiger partial charge in [-0.15, -0.1) is 0 Å². The Morgan fingerprint density at radius 3 is 2.47 bits per heavy atom. The first kappa shape index (κ1) is 44.1. The van der Waals surface area contributed by atoms with Crippen LogP contribution in [-0.4, -0.2) is 71.6 Å². The molecule has 3 aromatic rings. The number of phosphoric ester groups is 2. The van der Waals surface area contributed by atoms with E-state index in [0.717, 1.165) is 11.1 Å². The van der Waals surface area contributed by atoms with Crippen molar-refractivity contribution in [3.8, 4) is 17.1 Å². The maximum atomic E-state index is 14.0. The third-order valence-electron chi connectivity index (χ3n) is 9.22. The van der Waals surface area contributed by atoms with E-state index in [1.165, 1.54) is 6.92 Å². The summed E-state index contributed by atoms with van der Waals surface area (Å²) in [6, 6.07) is 6.62. The van der Waals surface area contributed by atoms with Crippen LogP contribution >= 0.6 is 15.6 Å². The highest BCUT2D eigenvalue weighted by Gasteiger charge is 2.51. The molecule has 0 saturated carbocycles. The van der Waals surface area contributed by atoms with Gasteiger partial charge in [-0.05, 0) is 76.8 Å². The first-order chi connectivity index (χ1) is 26.7. The minimum Gasteiger partial charge on any atom is -0.756 e. The monoisotopic (exact) mass is 837 g/mol. The number of nitrogens with one attached hydrogen (secondary N) is 1. The van der Waals surface area contributed by atoms with Crippen molar-refractivity contribution in [3.63, 3.8) is 0 Å². The number of rotatable bonds is 17. The van der Waals surface area contributed by atoms with Gasteiger partial charge in [0.2, 0.25) is 5.60 Å². The van der Waals surface area contributed by atoms with Crippen LogP contribution in [0.1, 0.15) is 76.6 Å². The fourth-order valence-corrected chi connectivity index (χ4v) is 7.68. The van der Waals surface area contributed by atoms with Crippen LogP contribution in [-0.2, 0) is 71.7 Å². The average molecular weight is 838 g/mol. The highest BCUT2D eigenvalue weighted by atomic mass is 31.2. The second kappa shape index (κ2) is 17.4. The van der Waals surface area contributed by atoms with Crippen LogP contribution in [0.25, 0.3) is 22.3 Å². The summed E-state index contributed by atoms with van der Waals surface area (Å²) in [6.07, 6.45) is -1.41. The molecule has 2 aromatic heterocycles. The number of pyridine rings is 2. The number of hydrogen-bond donors (Lipinski definition) is 2. The number of aromatic nitrogens is 2. The van der Waals surface area contributed by atoms with E-state index < -0.39 is 64.0 Å². The van der Waals surface area contributed by atoms with E-state index in [-0.39, 0.29) is 68.2 Å². The van der Waals surface area contributed by atoms with Gasteiger partial charge in [-0.25, -0.2) is 14.6 Å². The number of amides is 1. The van der Waals surface area contributed by atoms with Gasteiger partial charge in [0, 0.05) is 29.7 Å². The van der Waals surface area contributed by atoms with E-state index in [0.29, 0.717) is 28.7 Å². The van der Waals surface area contributed by atoms with Crippen LogP contribution in [0.15, 0.2) is 29.1 Å². The van der Waals surface area contributed by atoms with E-state index in [1.807, 2.05) is 6.92 Å². The zero-order chi connectivity index (χ0) is 41.9. The number of esters is 2. The number of phosphoric acid groups is 2. The molecule has 312 valence electrons. The Hall–Kier alpha value is -4.03. The lowest BCUT2D eigenvalue weighted by molar-refractivity contribution is -0.237. The third-order valence-corrected chi connectivity index (χ3v) is 10.8. The maximum Gasteiger partial charge on any atom is 0.412 e. The van der Waals surface area contributed by atoms with Gasteiger partial charge in [0.15, 0.2) is 0 Å². The quantitative estimate of drug-likeness (QED) is 0.0879. The third kappa shape index (κ3) is 9.99. The Kier molecular flexibility index (Phi) is 13.5. The molecule has 19 nitrogen and oxygen atoms in total. The highest BCUT2D eigenvalue weighted by Crippen LogP contribution is 2.44. The zero-order valence-corrected chi connectivity index (χ0v) is 34.1. The molecule has 0 saturated heterocycles. The molecule has 0 aliphatic carbocycles. The molecule has 0 fully saturated rings. The number of nitrogens with zero attached hydrogens (tertiary/aromatic N) is 2. The van der Waals surface area contributed by atoms with Crippen molar-refractivity contribution in [3.05, 3.63) is 56.9 Å². The van der Waals surface area contributed by atoms with Crippen molar-refractivity contribution in [2.45, 2.75) is 85.7 Å². The normalized spacial score (nSPS) is 18.7. The maximum absolute atomic E-state index is 14.0. The Balaban J connectivity index is 1.28. The number of ether oxygens (including phenoxy) is 4. The smallest absolute Gasteiger partial charge is 0.412 e. The van der Waals surface area contributed by atoms with Crippen LogP contribution in [0, 0.1) is 5.41 Å². The SMILES string of the molecule is CCOP(=O)([O-])OC(COCCCNC(=O)Oc1ccc2nc3c(c(CC)c2c1)Cn1c-3cc2c(c1=O)COC(=O)[C@@]2(CC)OC(=O)C(C)(C)C)COP(=O)([O-])O. The summed E-state index contributed by atoms with van der Waals surface area (Å²) in [6.45, 7) is 8.51. The van der Waals surface area contributed by atoms with Gasteiger partial charge in [-0.3, -0.25) is 18.7 Å². The minimum atomic E-state index is -5.17. The fraction of sp³-hybridized carbons (Fsp3) is 0.528. The number of carbonyl (C=O) groups is 3. The lowest BCUT2D eigenvalue weighted by Gasteiger charge is -2.37. The summed E-state index contributed by atoms with van der Waals surface area (Å²) >= 11 is 0. The van der Waals surface area contributed by atoms with Crippen LogP contribution < -0.4 is 25.4 Å². The van der Waals surface area contributed by atoms with Crippen molar-refractivity contribution in [2.24, 2.45) is 5.41 Å². The predicted molar refractivity (Wildman–Crippen MR) is 197 cm³/mol. The molecule has 21 heteroatoms. The van der Waals surface area contributed by atoms with Crippen LogP contribution in [0.2, 0.25) is 0 Å². The Morgan fingerprint density at radius 1 is 1.09 bits per heavy atom. The second-order valence-electron chi connectivity index (χ2n) is 14.3. The summed E-state index contributed by atoms with van der Waals surface area (Å²) in [5, 5.41) is 3.27. The molecule has 57 heavy (non-hydrogen) atoms. The molecule has 4 heterocycles. The number of aryl methyl sites for hydroxylation is 1. The molecule has 0 bridgehead atoms. The molecular formula is C36H45N3O16P2-2. The van der Waals surface area contributed by atoms with E-state index >= 15 is 0 Å². The Bertz CT molecular complexity index is 2200. The molecule has 5 rings (SSSR count). The first-order valence-corrected chi connectivity index (χ1v) is 21.2. The molecule has 2 N–H and O–H groups in total. The predicted octanol–water partition coefficient (Wildman–Crippen LogP) is 3.10. The molecule has 0 radical (unpaired) electrons.